The number of hydrogen-bond donors (Lipinski definition) is 1. The predicted octanol–water partition coefficient (Wildman–Crippen LogP) is 4.24. The van der Waals surface area contributed by atoms with Crippen LogP contribution in [0.5, 0.6) is 0 Å². The van der Waals surface area contributed by atoms with Crippen LogP contribution in [0.2, 0.25) is 0 Å². The van der Waals surface area contributed by atoms with Gasteiger partial charge < -0.3 is 9.84 Å². The topological polar surface area (TPSA) is 74.7 Å². The first-order valence-electron chi connectivity index (χ1n) is 7.20. The van der Waals surface area contributed by atoms with Gasteiger partial charge in [0.2, 0.25) is 11.7 Å². The molecule has 3 aromatic rings. The molecule has 8 heteroatoms. The maximum absolute atomic E-state index is 12.6. The van der Waals surface area contributed by atoms with Crippen LogP contribution in [0.4, 0.5) is 18.9 Å². The molecule has 0 bridgehead atoms. The van der Waals surface area contributed by atoms with Crippen LogP contribution in [0.15, 0.2) is 53.1 Å². The van der Waals surface area contributed by atoms with Gasteiger partial charge in [0.25, 0.3) is 0 Å². The summed E-state index contributed by atoms with van der Waals surface area (Å²) in [6.45, 7) is 0.250. The molecule has 1 N–H and O–H groups in total. The molecule has 0 aliphatic rings. The largest absolute Gasteiger partial charge is 0.416 e. The summed E-state index contributed by atoms with van der Waals surface area (Å²) >= 11 is 0. The molecule has 2 aromatic carbocycles. The molecule has 3 rings (SSSR count). The van der Waals surface area contributed by atoms with Crippen LogP contribution in [-0.4, -0.2) is 10.1 Å². The van der Waals surface area contributed by atoms with E-state index >= 15 is 0 Å². The molecule has 0 aliphatic carbocycles. The van der Waals surface area contributed by atoms with E-state index in [9.17, 15) is 13.2 Å². The van der Waals surface area contributed by atoms with Crippen molar-refractivity contribution >= 4 is 5.69 Å². The van der Waals surface area contributed by atoms with Crippen molar-refractivity contribution in [3.05, 3.63) is 65.5 Å². The molecule has 0 unspecified atom stereocenters. The van der Waals surface area contributed by atoms with Crippen LogP contribution in [-0.2, 0) is 12.7 Å². The summed E-state index contributed by atoms with van der Waals surface area (Å²) in [6, 6.07) is 13.4. The number of aromatic nitrogens is 2. The quantitative estimate of drug-likeness (QED) is 0.766. The van der Waals surface area contributed by atoms with E-state index in [4.69, 9.17) is 9.78 Å². The molecule has 0 fully saturated rings. The third-order valence-electron chi connectivity index (χ3n) is 3.40. The molecule has 0 aliphatic heterocycles. The fourth-order valence-corrected chi connectivity index (χ4v) is 2.09. The van der Waals surface area contributed by atoms with Crippen molar-refractivity contribution in [1.82, 2.24) is 10.1 Å². The van der Waals surface area contributed by atoms with Gasteiger partial charge in [-0.05, 0) is 36.4 Å². The minimum atomic E-state index is -4.38. The lowest BCUT2D eigenvalue weighted by atomic mass is 10.1. The highest BCUT2D eigenvalue weighted by atomic mass is 19.4. The molecule has 0 saturated carbocycles. The fourth-order valence-electron chi connectivity index (χ4n) is 2.09. The summed E-state index contributed by atoms with van der Waals surface area (Å²) in [5, 5.41) is 15.6. The zero-order valence-electron chi connectivity index (χ0n) is 12.7. The van der Waals surface area contributed by atoms with Crippen molar-refractivity contribution in [3.8, 4) is 17.5 Å². The van der Waals surface area contributed by atoms with E-state index in [-0.39, 0.29) is 12.4 Å². The maximum Gasteiger partial charge on any atom is 0.416 e. The van der Waals surface area contributed by atoms with E-state index in [1.54, 1.807) is 24.3 Å². The van der Waals surface area contributed by atoms with E-state index < -0.39 is 11.7 Å². The number of nitrogens with one attached hydrogen (secondary N) is 1. The minimum Gasteiger partial charge on any atom is -0.376 e. The van der Waals surface area contributed by atoms with E-state index in [0.29, 0.717) is 17.0 Å². The van der Waals surface area contributed by atoms with Gasteiger partial charge in [0, 0.05) is 11.3 Å². The molecule has 0 radical (unpaired) electrons. The normalized spacial score (nSPS) is 11.1. The lowest BCUT2D eigenvalue weighted by molar-refractivity contribution is -0.137. The molecule has 1 heterocycles. The number of hydrogen-bond acceptors (Lipinski definition) is 5. The average molecular weight is 344 g/mol. The molecule has 0 saturated heterocycles. The first kappa shape index (κ1) is 16.5. The lowest BCUT2D eigenvalue weighted by Gasteiger charge is -2.05. The van der Waals surface area contributed by atoms with Crippen molar-refractivity contribution in [3.63, 3.8) is 0 Å². The lowest BCUT2D eigenvalue weighted by Crippen LogP contribution is -2.04. The molecule has 0 amide bonds. The molecule has 126 valence electrons. The highest BCUT2D eigenvalue weighted by Gasteiger charge is 2.30. The molecule has 0 atom stereocenters. The molecular formula is C17H11F3N4O. The Morgan fingerprint density at radius 1 is 1.04 bits per heavy atom. The average Bonchev–Trinajstić information content (AvgIpc) is 3.09. The third kappa shape index (κ3) is 3.95. The van der Waals surface area contributed by atoms with Crippen LogP contribution in [0.25, 0.3) is 11.4 Å². The minimum absolute atomic E-state index is 0.213. The highest BCUT2D eigenvalue weighted by molar-refractivity contribution is 5.55. The van der Waals surface area contributed by atoms with Gasteiger partial charge in [-0.25, -0.2) is 0 Å². The summed E-state index contributed by atoms with van der Waals surface area (Å²) < 4.78 is 42.8. The summed E-state index contributed by atoms with van der Waals surface area (Å²) in [4.78, 5) is 4.15. The number of halogens is 3. The zero-order valence-corrected chi connectivity index (χ0v) is 12.7. The summed E-state index contributed by atoms with van der Waals surface area (Å²) in [5.41, 5.74) is 1.02. The maximum atomic E-state index is 12.6. The van der Waals surface area contributed by atoms with Gasteiger partial charge in [-0.1, -0.05) is 17.3 Å². The van der Waals surface area contributed by atoms with Crippen LogP contribution in [0.3, 0.4) is 0 Å². The van der Waals surface area contributed by atoms with E-state index in [0.717, 1.165) is 17.8 Å². The number of nitriles is 1. The Morgan fingerprint density at radius 2 is 1.72 bits per heavy atom. The Bertz CT molecular complexity index is 893. The van der Waals surface area contributed by atoms with E-state index in [1.807, 2.05) is 6.07 Å². The molecular weight excluding hydrogens is 333 g/mol. The second-order valence-electron chi connectivity index (χ2n) is 5.13. The van der Waals surface area contributed by atoms with Crippen molar-refractivity contribution in [1.29, 1.82) is 5.26 Å². The highest BCUT2D eigenvalue weighted by Crippen LogP contribution is 2.30. The summed E-state index contributed by atoms with van der Waals surface area (Å²) in [6.07, 6.45) is -4.38. The van der Waals surface area contributed by atoms with Gasteiger partial charge >= 0.3 is 6.18 Å². The van der Waals surface area contributed by atoms with Crippen LogP contribution < -0.4 is 5.32 Å². The van der Waals surface area contributed by atoms with Gasteiger partial charge in [0.1, 0.15) is 0 Å². The molecule has 25 heavy (non-hydrogen) atoms. The number of nitrogens with zero attached hydrogens (tertiary/aromatic N) is 3. The number of alkyl halides is 3. The number of anilines is 1. The van der Waals surface area contributed by atoms with Crippen LogP contribution >= 0.6 is 0 Å². The van der Waals surface area contributed by atoms with Crippen LogP contribution in [0.1, 0.15) is 17.0 Å². The first-order chi connectivity index (χ1) is 12.0. The van der Waals surface area contributed by atoms with Gasteiger partial charge in [-0.15, -0.1) is 0 Å². The third-order valence-corrected chi connectivity index (χ3v) is 3.40. The Balaban J connectivity index is 1.66. The molecule has 1 aromatic heterocycles. The molecule has 5 nitrogen and oxygen atoms in total. The smallest absolute Gasteiger partial charge is 0.376 e. The van der Waals surface area contributed by atoms with Crippen molar-refractivity contribution < 1.29 is 17.7 Å². The van der Waals surface area contributed by atoms with E-state index in [2.05, 4.69) is 15.5 Å². The monoisotopic (exact) mass is 344 g/mol. The Labute approximate surface area is 140 Å². The second-order valence-corrected chi connectivity index (χ2v) is 5.13. The van der Waals surface area contributed by atoms with Gasteiger partial charge in [-0.3, -0.25) is 0 Å². The summed E-state index contributed by atoms with van der Waals surface area (Å²) in [7, 11) is 0. The second kappa shape index (κ2) is 6.65. The standard InChI is InChI=1S/C17H11F3N4O/c18-17(19,20)13-5-3-12(4-6-13)16-23-15(25-24-16)10-22-14-7-1-11(9-21)2-8-14/h1-8,22H,10H2. The zero-order chi connectivity index (χ0) is 17.9. The van der Waals surface area contributed by atoms with Crippen LogP contribution in [0, 0.1) is 11.3 Å². The van der Waals surface area contributed by atoms with Gasteiger partial charge in [-0.2, -0.15) is 23.4 Å². The number of benzene rings is 2. The Hall–Kier alpha value is -3.34. The fraction of sp³-hybridized carbons (Fsp3) is 0.118. The van der Waals surface area contributed by atoms with Gasteiger partial charge in [0.15, 0.2) is 0 Å². The SMILES string of the molecule is N#Cc1ccc(NCc2nc(-c3ccc(C(F)(F)F)cc3)no2)cc1. The van der Waals surface area contributed by atoms with E-state index in [1.165, 1.54) is 12.1 Å². The summed E-state index contributed by atoms with van der Waals surface area (Å²) in [5.74, 6) is 0.504. The van der Waals surface area contributed by atoms with Crippen molar-refractivity contribution in [2.24, 2.45) is 0 Å². The van der Waals surface area contributed by atoms with Crippen molar-refractivity contribution in [2.75, 3.05) is 5.32 Å². The van der Waals surface area contributed by atoms with Gasteiger partial charge in [0.05, 0.1) is 23.7 Å². The Morgan fingerprint density at radius 3 is 2.32 bits per heavy atom. The first-order valence-corrected chi connectivity index (χ1v) is 7.20. The Kier molecular flexibility index (Phi) is 4.39. The predicted molar refractivity (Wildman–Crippen MR) is 83.2 cm³/mol. The molecule has 0 spiro atoms. The van der Waals surface area contributed by atoms with Crippen molar-refractivity contribution in [2.45, 2.75) is 12.7 Å². The number of rotatable bonds is 4.